The molecule has 0 fully saturated rings. The molecule has 0 saturated carbocycles. The van der Waals surface area contributed by atoms with Gasteiger partial charge in [0.1, 0.15) is 0 Å². The average Bonchev–Trinajstić information content (AvgIpc) is 2.31. The predicted molar refractivity (Wildman–Crippen MR) is 84.4 cm³/mol. The number of ether oxygens (including phenoxy) is 1. The van der Waals surface area contributed by atoms with Crippen LogP contribution in [-0.2, 0) is 9.53 Å². The minimum atomic E-state index is -0.981. The summed E-state index contributed by atoms with van der Waals surface area (Å²) in [6.45, 7) is 11.5. The zero-order valence-electron chi connectivity index (χ0n) is 11.5. The van der Waals surface area contributed by atoms with Crippen LogP contribution in [0.15, 0.2) is 12.7 Å². The first kappa shape index (κ1) is 22.7. The Labute approximate surface area is 124 Å². The molecule has 0 unspecified atom stereocenters. The van der Waals surface area contributed by atoms with Gasteiger partial charge in [-0.05, 0) is 45.2 Å². The van der Waals surface area contributed by atoms with Crippen LogP contribution in [0.3, 0.4) is 0 Å². The Morgan fingerprint density at radius 1 is 1.32 bits per heavy atom. The number of carboxylic acid groups (broad SMARTS) is 1. The SMILES string of the molecule is C=CC(=O)O.CCOC(=S)N(CC)CC.NC(O)=S. The monoisotopic (exact) mass is 310 g/mol. The van der Waals surface area contributed by atoms with Gasteiger partial charge in [-0.2, -0.15) is 0 Å². The van der Waals surface area contributed by atoms with Crippen molar-refractivity contribution in [2.24, 2.45) is 5.73 Å². The normalized spacial score (nSPS) is 7.74. The van der Waals surface area contributed by atoms with Crippen molar-refractivity contribution < 1.29 is 19.7 Å². The highest BCUT2D eigenvalue weighted by atomic mass is 32.1. The molecule has 19 heavy (non-hydrogen) atoms. The van der Waals surface area contributed by atoms with Crippen LogP contribution in [0.2, 0.25) is 0 Å². The van der Waals surface area contributed by atoms with Crippen molar-refractivity contribution in [1.82, 2.24) is 4.90 Å². The zero-order valence-corrected chi connectivity index (χ0v) is 13.1. The smallest absolute Gasteiger partial charge is 0.327 e. The molecule has 0 rings (SSSR count). The van der Waals surface area contributed by atoms with E-state index in [2.05, 4.69) is 38.4 Å². The van der Waals surface area contributed by atoms with Gasteiger partial charge in [0.25, 0.3) is 10.3 Å². The second-order valence-corrected chi connectivity index (χ2v) is 3.52. The van der Waals surface area contributed by atoms with E-state index in [0.29, 0.717) is 11.8 Å². The minimum Gasteiger partial charge on any atom is -0.487 e. The maximum absolute atomic E-state index is 9.25. The van der Waals surface area contributed by atoms with Gasteiger partial charge in [0.2, 0.25) is 0 Å². The van der Waals surface area contributed by atoms with Gasteiger partial charge >= 0.3 is 5.97 Å². The summed E-state index contributed by atoms with van der Waals surface area (Å²) in [5, 5.41) is 15.3. The Morgan fingerprint density at radius 3 is 1.79 bits per heavy atom. The average molecular weight is 310 g/mol. The Kier molecular flexibility index (Phi) is 19.9. The van der Waals surface area contributed by atoms with Crippen LogP contribution in [0.5, 0.6) is 0 Å². The molecule has 4 N–H and O–H groups in total. The summed E-state index contributed by atoms with van der Waals surface area (Å²) in [4.78, 5) is 11.3. The Balaban J connectivity index is -0.000000238. The van der Waals surface area contributed by atoms with Gasteiger partial charge in [0.05, 0.1) is 6.61 Å². The molecule has 0 aliphatic rings. The zero-order chi connectivity index (χ0) is 15.8. The van der Waals surface area contributed by atoms with Crippen LogP contribution >= 0.6 is 24.4 Å². The second-order valence-electron chi connectivity index (χ2n) is 2.75. The van der Waals surface area contributed by atoms with Crippen molar-refractivity contribution in [2.75, 3.05) is 19.7 Å². The Morgan fingerprint density at radius 2 is 1.63 bits per heavy atom. The van der Waals surface area contributed by atoms with Gasteiger partial charge in [-0.3, -0.25) is 0 Å². The van der Waals surface area contributed by atoms with Crippen LogP contribution < -0.4 is 5.73 Å². The number of thiocarbonyl (C=S) groups is 2. The maximum Gasteiger partial charge on any atom is 0.327 e. The number of aliphatic hydroxyl groups is 1. The third-order valence-corrected chi connectivity index (χ3v) is 1.84. The molecule has 0 spiro atoms. The van der Waals surface area contributed by atoms with Gasteiger partial charge in [0, 0.05) is 19.2 Å². The molecule has 0 amide bonds. The van der Waals surface area contributed by atoms with Crippen molar-refractivity contribution in [3.63, 3.8) is 0 Å². The summed E-state index contributed by atoms with van der Waals surface area (Å²) in [7, 11) is 0. The lowest BCUT2D eigenvalue weighted by Gasteiger charge is -2.20. The number of carbonyl (C=O) groups is 1. The largest absolute Gasteiger partial charge is 0.487 e. The van der Waals surface area contributed by atoms with E-state index in [1.54, 1.807) is 0 Å². The molecule has 8 heteroatoms. The van der Waals surface area contributed by atoms with E-state index in [9.17, 15) is 4.79 Å². The topological polar surface area (TPSA) is 96.0 Å². The number of hydrogen-bond acceptors (Lipinski definition) is 4. The summed E-state index contributed by atoms with van der Waals surface area (Å²) < 4.78 is 5.14. The third-order valence-electron chi connectivity index (χ3n) is 1.46. The van der Waals surface area contributed by atoms with Gasteiger partial charge in [0.15, 0.2) is 0 Å². The van der Waals surface area contributed by atoms with Crippen LogP contribution in [0.4, 0.5) is 0 Å². The molecule has 0 heterocycles. The molecule has 0 bridgehead atoms. The van der Waals surface area contributed by atoms with Gasteiger partial charge < -0.3 is 25.6 Å². The molecule has 0 aromatic rings. The number of aliphatic hydroxyl groups excluding tert-OH is 1. The summed E-state index contributed by atoms with van der Waals surface area (Å²) in [5.74, 6) is -0.981. The second kappa shape index (κ2) is 16.6. The standard InChI is InChI=1S/C7H15NOS.C3H4O2.CH3NOS/c1-4-8(5-2)7(10)9-6-3;1-2-3(4)5;2-1(3)4/h4-6H2,1-3H3;2H,1H2,(H,4,5);(H3,2,3,4). The van der Waals surface area contributed by atoms with Gasteiger partial charge in [-0.1, -0.05) is 6.58 Å². The number of carboxylic acids is 1. The number of aliphatic carboxylic acids is 1. The summed E-state index contributed by atoms with van der Waals surface area (Å²) in [5.41, 5.74) is 4.40. The van der Waals surface area contributed by atoms with Crippen LogP contribution in [0.1, 0.15) is 20.8 Å². The molecule has 0 radical (unpaired) electrons. The highest BCUT2D eigenvalue weighted by Crippen LogP contribution is 1.92. The van der Waals surface area contributed by atoms with Crippen molar-refractivity contribution in [3.05, 3.63) is 12.7 Å². The number of nitrogens with two attached hydrogens (primary N) is 1. The summed E-state index contributed by atoms with van der Waals surface area (Å²) in [6, 6.07) is 0. The molecular weight excluding hydrogens is 288 g/mol. The van der Waals surface area contributed by atoms with E-state index in [1.807, 2.05) is 11.8 Å². The maximum atomic E-state index is 9.25. The van der Waals surface area contributed by atoms with Crippen molar-refractivity contribution in [1.29, 1.82) is 0 Å². The first-order valence-corrected chi connectivity index (χ1v) is 6.33. The van der Waals surface area contributed by atoms with Crippen LogP contribution in [-0.4, -0.2) is 51.1 Å². The van der Waals surface area contributed by atoms with E-state index in [4.69, 9.17) is 27.2 Å². The van der Waals surface area contributed by atoms with E-state index in [1.165, 1.54) is 0 Å². The van der Waals surface area contributed by atoms with Crippen molar-refractivity contribution in [3.8, 4) is 0 Å². The van der Waals surface area contributed by atoms with E-state index >= 15 is 0 Å². The lowest BCUT2D eigenvalue weighted by molar-refractivity contribution is -0.131. The van der Waals surface area contributed by atoms with Gasteiger partial charge in [-0.25, -0.2) is 4.79 Å². The predicted octanol–water partition coefficient (Wildman–Crippen LogP) is 1.69. The molecular formula is C11H22N2O4S2. The molecule has 0 aromatic carbocycles. The highest BCUT2D eigenvalue weighted by Gasteiger charge is 2.03. The fourth-order valence-corrected chi connectivity index (χ4v) is 1.07. The molecule has 112 valence electrons. The first-order chi connectivity index (χ1) is 8.76. The molecule has 0 atom stereocenters. The summed E-state index contributed by atoms with van der Waals surface area (Å²) >= 11 is 8.85. The van der Waals surface area contributed by atoms with Crippen LogP contribution in [0, 0.1) is 0 Å². The number of hydrogen-bond donors (Lipinski definition) is 3. The quantitative estimate of drug-likeness (QED) is 0.533. The van der Waals surface area contributed by atoms with E-state index in [-0.39, 0.29) is 0 Å². The number of nitrogens with zero attached hydrogens (tertiary/aromatic N) is 1. The van der Waals surface area contributed by atoms with Crippen LogP contribution in [0.25, 0.3) is 0 Å². The first-order valence-electron chi connectivity index (χ1n) is 5.52. The molecule has 0 saturated heterocycles. The Bertz CT molecular complexity index is 278. The van der Waals surface area contributed by atoms with E-state index < -0.39 is 11.1 Å². The minimum absolute atomic E-state index is 0.500. The third kappa shape index (κ3) is 26.3. The lowest BCUT2D eigenvalue weighted by atomic mass is 10.6. The number of rotatable bonds is 4. The fraction of sp³-hybridized carbons (Fsp3) is 0.545. The molecule has 0 aliphatic carbocycles. The summed E-state index contributed by atoms with van der Waals surface area (Å²) in [6.07, 6.45) is 0.833. The molecule has 6 nitrogen and oxygen atoms in total. The van der Waals surface area contributed by atoms with Gasteiger partial charge in [-0.15, -0.1) is 0 Å². The molecule has 0 aromatic heterocycles. The van der Waals surface area contributed by atoms with Crippen molar-refractivity contribution in [2.45, 2.75) is 20.8 Å². The van der Waals surface area contributed by atoms with Crippen molar-refractivity contribution >= 4 is 40.8 Å². The highest BCUT2D eigenvalue weighted by molar-refractivity contribution is 7.80. The Hall–Kier alpha value is -1.41. The lowest BCUT2D eigenvalue weighted by Crippen LogP contribution is -2.30. The fourth-order valence-electron chi connectivity index (χ4n) is 0.697. The van der Waals surface area contributed by atoms with E-state index in [0.717, 1.165) is 19.2 Å². The molecule has 0 aliphatic heterocycles.